The van der Waals surface area contributed by atoms with Gasteiger partial charge in [-0.1, -0.05) is 36.9 Å². The van der Waals surface area contributed by atoms with Crippen molar-refractivity contribution in [1.82, 2.24) is 9.88 Å². The third kappa shape index (κ3) is 4.95. The van der Waals surface area contributed by atoms with Gasteiger partial charge in [0, 0.05) is 24.2 Å². The fourth-order valence-electron chi connectivity index (χ4n) is 3.41. The fourth-order valence-corrected chi connectivity index (χ4v) is 5.06. The first-order valence-corrected chi connectivity index (χ1v) is 12.3. The molecule has 2 heterocycles. The third-order valence-corrected chi connectivity index (χ3v) is 7.17. The van der Waals surface area contributed by atoms with E-state index in [9.17, 15) is 12.8 Å². The van der Waals surface area contributed by atoms with Crippen molar-refractivity contribution in [1.29, 1.82) is 0 Å². The fraction of sp³-hybridized carbons (Fsp3) is 0.227. The van der Waals surface area contributed by atoms with Crippen LogP contribution in [-0.2, 0) is 23.1 Å². The van der Waals surface area contributed by atoms with Gasteiger partial charge in [-0.3, -0.25) is 9.62 Å². The molecule has 6 nitrogen and oxygen atoms in total. The minimum absolute atomic E-state index is 0.158. The summed E-state index contributed by atoms with van der Waals surface area (Å²) in [4.78, 5) is 5.82. The maximum absolute atomic E-state index is 14.8. The number of benzene rings is 2. The maximum Gasteiger partial charge on any atom is 0.266 e. The molecule has 31 heavy (non-hydrogen) atoms. The van der Waals surface area contributed by atoms with Crippen LogP contribution in [0.4, 0.5) is 15.9 Å². The molecule has 2 aromatic carbocycles. The molecule has 0 bridgehead atoms. The Morgan fingerprint density at radius 2 is 2.00 bits per heavy atom. The number of likely N-dealkylation sites (tertiary alicyclic amines) is 1. The molecule has 0 radical (unpaired) electrons. The molecule has 1 saturated heterocycles. The van der Waals surface area contributed by atoms with Gasteiger partial charge in [0.2, 0.25) is 0 Å². The topological polar surface area (TPSA) is 74.3 Å². The third-order valence-electron chi connectivity index (χ3n) is 5.22. The zero-order valence-corrected chi connectivity index (χ0v) is 18.5. The monoisotopic (exact) mass is 458 g/mol. The van der Waals surface area contributed by atoms with Crippen LogP contribution in [-0.4, -0.2) is 31.4 Å². The SMILES string of the molecule is C=Cc1cc(S(=O)(=O)Nc2cscn2)c(F)cc1NCc1ccccc1CN1CCC1. The Bertz CT molecular complexity index is 1180. The molecule has 0 unspecified atom stereocenters. The van der Waals surface area contributed by atoms with Gasteiger partial charge in [-0.05, 0) is 48.3 Å². The van der Waals surface area contributed by atoms with Crippen LogP contribution in [0.25, 0.3) is 6.08 Å². The number of anilines is 2. The van der Waals surface area contributed by atoms with Gasteiger partial charge in [0.15, 0.2) is 5.82 Å². The molecule has 1 aromatic heterocycles. The number of sulfonamides is 1. The van der Waals surface area contributed by atoms with Gasteiger partial charge in [-0.2, -0.15) is 0 Å². The highest BCUT2D eigenvalue weighted by molar-refractivity contribution is 7.92. The molecule has 162 valence electrons. The van der Waals surface area contributed by atoms with Crippen LogP contribution in [0.1, 0.15) is 23.1 Å². The largest absolute Gasteiger partial charge is 0.380 e. The molecular formula is C22H23FN4O2S2. The lowest BCUT2D eigenvalue weighted by Gasteiger charge is -2.31. The molecule has 9 heteroatoms. The van der Waals surface area contributed by atoms with Crippen molar-refractivity contribution in [2.24, 2.45) is 0 Å². The first-order valence-electron chi connectivity index (χ1n) is 9.86. The minimum atomic E-state index is -4.11. The highest BCUT2D eigenvalue weighted by Crippen LogP contribution is 2.27. The summed E-state index contributed by atoms with van der Waals surface area (Å²) in [5.41, 5.74) is 4.82. The number of nitrogens with one attached hydrogen (secondary N) is 2. The van der Waals surface area contributed by atoms with Gasteiger partial charge < -0.3 is 5.32 Å². The van der Waals surface area contributed by atoms with Crippen LogP contribution in [0.3, 0.4) is 0 Å². The van der Waals surface area contributed by atoms with Crippen LogP contribution in [0.2, 0.25) is 0 Å². The van der Waals surface area contributed by atoms with Crippen molar-refractivity contribution in [2.45, 2.75) is 24.4 Å². The quantitative estimate of drug-likeness (QED) is 0.492. The second kappa shape index (κ2) is 9.17. The Hall–Kier alpha value is -2.75. The highest BCUT2D eigenvalue weighted by atomic mass is 32.2. The number of aromatic nitrogens is 1. The van der Waals surface area contributed by atoms with E-state index in [1.165, 1.54) is 52.4 Å². The van der Waals surface area contributed by atoms with Gasteiger partial charge in [-0.25, -0.2) is 17.8 Å². The lowest BCUT2D eigenvalue weighted by molar-refractivity contribution is 0.172. The van der Waals surface area contributed by atoms with Gasteiger partial charge >= 0.3 is 0 Å². The van der Waals surface area contributed by atoms with E-state index >= 15 is 0 Å². The maximum atomic E-state index is 14.8. The summed E-state index contributed by atoms with van der Waals surface area (Å²) in [6, 6.07) is 10.6. The molecule has 2 N–H and O–H groups in total. The van der Waals surface area contributed by atoms with Gasteiger partial charge in [0.25, 0.3) is 10.0 Å². The van der Waals surface area contributed by atoms with Crippen molar-refractivity contribution < 1.29 is 12.8 Å². The lowest BCUT2D eigenvalue weighted by atomic mass is 10.0. The van der Waals surface area contributed by atoms with Crippen molar-refractivity contribution in [3.05, 3.63) is 76.4 Å². The van der Waals surface area contributed by atoms with Gasteiger partial charge in [-0.15, -0.1) is 11.3 Å². The number of rotatable bonds is 9. The Labute approximate surface area is 185 Å². The van der Waals surface area contributed by atoms with E-state index in [4.69, 9.17) is 0 Å². The van der Waals surface area contributed by atoms with E-state index in [0.29, 0.717) is 17.8 Å². The molecule has 3 aromatic rings. The van der Waals surface area contributed by atoms with Crippen LogP contribution in [0.5, 0.6) is 0 Å². The van der Waals surface area contributed by atoms with E-state index in [1.54, 1.807) is 0 Å². The lowest BCUT2D eigenvalue weighted by Crippen LogP contribution is -2.36. The predicted molar refractivity (Wildman–Crippen MR) is 123 cm³/mol. The number of thiazole rings is 1. The van der Waals surface area contributed by atoms with Crippen molar-refractivity contribution in [2.75, 3.05) is 23.1 Å². The molecule has 0 atom stereocenters. The summed E-state index contributed by atoms with van der Waals surface area (Å²) in [5, 5.41) is 4.78. The molecule has 1 aliphatic rings. The Kier molecular flexibility index (Phi) is 6.35. The van der Waals surface area contributed by atoms with E-state index in [1.807, 2.05) is 18.2 Å². The summed E-state index contributed by atoms with van der Waals surface area (Å²) in [6.45, 7) is 7.36. The Morgan fingerprint density at radius 3 is 2.65 bits per heavy atom. The molecule has 0 aliphatic carbocycles. The number of nitrogens with zero attached hydrogens (tertiary/aromatic N) is 2. The van der Waals surface area contributed by atoms with Crippen molar-refractivity contribution >= 4 is 38.9 Å². The van der Waals surface area contributed by atoms with Crippen LogP contribution in [0.15, 0.2) is 58.8 Å². The van der Waals surface area contributed by atoms with E-state index in [-0.39, 0.29) is 5.82 Å². The first kappa shape index (κ1) is 21.5. The Morgan fingerprint density at radius 1 is 1.23 bits per heavy atom. The molecule has 1 aliphatic heterocycles. The van der Waals surface area contributed by atoms with E-state index in [2.05, 4.69) is 32.6 Å². The van der Waals surface area contributed by atoms with E-state index in [0.717, 1.165) is 25.2 Å². The minimum Gasteiger partial charge on any atom is -0.380 e. The first-order chi connectivity index (χ1) is 15.0. The Balaban J connectivity index is 1.55. The molecule has 4 rings (SSSR count). The van der Waals surface area contributed by atoms with Gasteiger partial charge in [0.05, 0.1) is 5.51 Å². The standard InChI is InChI=1S/C22H23FN4O2S2/c1-2-16-10-21(31(28,29)26-22-14-30-15-25-22)19(23)11-20(16)24-12-17-6-3-4-7-18(17)13-27-8-5-9-27/h2-4,6-7,10-11,14-15,24,26H,1,5,8-9,12-13H2. The summed E-state index contributed by atoms with van der Waals surface area (Å²) in [5.74, 6) is -0.685. The van der Waals surface area contributed by atoms with Gasteiger partial charge in [0.1, 0.15) is 10.7 Å². The zero-order valence-electron chi connectivity index (χ0n) is 16.8. The zero-order chi connectivity index (χ0) is 21.8. The number of hydrogen-bond donors (Lipinski definition) is 2. The van der Waals surface area contributed by atoms with Crippen molar-refractivity contribution in [3.63, 3.8) is 0 Å². The van der Waals surface area contributed by atoms with Crippen LogP contribution < -0.4 is 10.0 Å². The summed E-state index contributed by atoms with van der Waals surface area (Å²) in [6.07, 6.45) is 2.74. The molecule has 1 fully saturated rings. The van der Waals surface area contributed by atoms with Crippen molar-refractivity contribution in [3.8, 4) is 0 Å². The summed E-state index contributed by atoms with van der Waals surface area (Å²) in [7, 11) is -4.11. The number of hydrogen-bond acceptors (Lipinski definition) is 6. The number of halogens is 1. The molecule has 0 spiro atoms. The summed E-state index contributed by atoms with van der Waals surface area (Å²) < 4.78 is 42.3. The van der Waals surface area contributed by atoms with Crippen LogP contribution >= 0.6 is 11.3 Å². The smallest absolute Gasteiger partial charge is 0.266 e. The summed E-state index contributed by atoms with van der Waals surface area (Å²) >= 11 is 1.24. The molecule has 0 saturated carbocycles. The normalized spacial score (nSPS) is 14.1. The second-order valence-electron chi connectivity index (χ2n) is 7.31. The molecule has 0 amide bonds. The second-order valence-corrected chi connectivity index (χ2v) is 9.67. The van der Waals surface area contributed by atoms with E-state index < -0.39 is 20.7 Å². The highest BCUT2D eigenvalue weighted by Gasteiger charge is 2.22. The van der Waals surface area contributed by atoms with Crippen LogP contribution in [0, 0.1) is 5.82 Å². The average molecular weight is 459 g/mol. The average Bonchev–Trinajstić information content (AvgIpc) is 3.22. The molecular weight excluding hydrogens is 435 g/mol. The predicted octanol–water partition coefficient (Wildman–Crippen LogP) is 4.54.